The van der Waals surface area contributed by atoms with E-state index < -0.39 is 0 Å². The van der Waals surface area contributed by atoms with Crippen LogP contribution in [-0.2, 0) is 6.54 Å². The Balaban J connectivity index is 1.51. The summed E-state index contributed by atoms with van der Waals surface area (Å²) in [5.41, 5.74) is 1.50. The minimum atomic E-state index is -0.319. The summed E-state index contributed by atoms with van der Waals surface area (Å²) in [6, 6.07) is 7.78. The zero-order valence-corrected chi connectivity index (χ0v) is 14.2. The van der Waals surface area contributed by atoms with Crippen LogP contribution in [0.15, 0.2) is 36.5 Å². The number of rotatable bonds is 4. The van der Waals surface area contributed by atoms with Gasteiger partial charge in [-0.2, -0.15) is 5.10 Å². The van der Waals surface area contributed by atoms with Gasteiger partial charge >= 0.3 is 6.03 Å². The molecular formula is C18H23FN4O2. The van der Waals surface area contributed by atoms with Crippen molar-refractivity contribution in [3.63, 3.8) is 0 Å². The van der Waals surface area contributed by atoms with E-state index in [1.54, 1.807) is 34.8 Å². The topological polar surface area (TPSA) is 70.4 Å². The molecule has 2 amide bonds. The second-order valence-corrected chi connectivity index (χ2v) is 6.45. The van der Waals surface area contributed by atoms with E-state index in [0.717, 1.165) is 24.2 Å². The summed E-state index contributed by atoms with van der Waals surface area (Å²) < 4.78 is 14.6. The molecule has 25 heavy (non-hydrogen) atoms. The average Bonchev–Trinajstić information content (AvgIpc) is 3.09. The summed E-state index contributed by atoms with van der Waals surface area (Å²) >= 11 is 0. The van der Waals surface area contributed by atoms with Gasteiger partial charge in [0.25, 0.3) is 0 Å². The fourth-order valence-electron chi connectivity index (χ4n) is 3.06. The lowest BCUT2D eigenvalue weighted by Gasteiger charge is -2.33. The van der Waals surface area contributed by atoms with Crippen LogP contribution in [-0.4, -0.2) is 45.0 Å². The van der Waals surface area contributed by atoms with Gasteiger partial charge in [0.05, 0.1) is 24.0 Å². The van der Waals surface area contributed by atoms with E-state index in [1.807, 2.05) is 6.07 Å². The maximum Gasteiger partial charge on any atom is 0.317 e. The third-order valence-electron chi connectivity index (χ3n) is 4.67. The highest BCUT2D eigenvalue weighted by atomic mass is 19.1. The molecule has 3 rings (SSSR count). The van der Waals surface area contributed by atoms with E-state index in [4.69, 9.17) is 0 Å². The van der Waals surface area contributed by atoms with Crippen molar-refractivity contribution in [2.75, 3.05) is 13.1 Å². The summed E-state index contributed by atoms with van der Waals surface area (Å²) in [5, 5.41) is 16.9. The highest BCUT2D eigenvalue weighted by Crippen LogP contribution is 2.20. The van der Waals surface area contributed by atoms with E-state index in [1.165, 1.54) is 12.1 Å². The Morgan fingerprint density at radius 2 is 2.00 bits per heavy atom. The van der Waals surface area contributed by atoms with Crippen molar-refractivity contribution >= 4 is 6.03 Å². The van der Waals surface area contributed by atoms with Gasteiger partial charge in [0.15, 0.2) is 0 Å². The Labute approximate surface area is 146 Å². The van der Waals surface area contributed by atoms with Crippen LogP contribution in [0, 0.1) is 11.7 Å². The molecule has 1 fully saturated rings. The molecule has 7 heteroatoms. The number of halogens is 1. The zero-order chi connectivity index (χ0) is 17.8. The van der Waals surface area contributed by atoms with Gasteiger partial charge in [-0.1, -0.05) is 0 Å². The van der Waals surface area contributed by atoms with Crippen molar-refractivity contribution in [2.24, 2.45) is 5.92 Å². The Morgan fingerprint density at radius 3 is 2.64 bits per heavy atom. The summed E-state index contributed by atoms with van der Waals surface area (Å²) in [5.74, 6) is -0.0155. The Bertz CT molecular complexity index is 706. The summed E-state index contributed by atoms with van der Waals surface area (Å²) in [7, 11) is 0. The van der Waals surface area contributed by atoms with Gasteiger partial charge in [-0.25, -0.2) is 13.9 Å². The molecule has 1 atom stereocenters. The molecule has 0 bridgehead atoms. The first-order chi connectivity index (χ1) is 12.0. The molecule has 2 aromatic rings. The number of nitrogens with zero attached hydrogens (tertiary/aromatic N) is 3. The molecule has 1 aromatic heterocycles. The summed E-state index contributed by atoms with van der Waals surface area (Å²) in [6.45, 7) is 3.46. The van der Waals surface area contributed by atoms with E-state index in [9.17, 15) is 14.3 Å². The van der Waals surface area contributed by atoms with Gasteiger partial charge in [0.2, 0.25) is 0 Å². The Kier molecular flexibility index (Phi) is 5.33. The van der Waals surface area contributed by atoms with Crippen molar-refractivity contribution in [2.45, 2.75) is 32.4 Å². The second kappa shape index (κ2) is 7.65. The van der Waals surface area contributed by atoms with Gasteiger partial charge in [-0.3, -0.25) is 0 Å². The molecule has 6 nitrogen and oxygen atoms in total. The number of aliphatic hydroxyl groups excluding tert-OH is 1. The third kappa shape index (κ3) is 4.36. The summed E-state index contributed by atoms with van der Waals surface area (Å²) in [4.78, 5) is 14.0. The third-order valence-corrected chi connectivity index (χ3v) is 4.67. The number of aliphatic hydroxyl groups is 1. The van der Waals surface area contributed by atoms with Crippen LogP contribution < -0.4 is 5.32 Å². The van der Waals surface area contributed by atoms with Crippen LogP contribution in [0.3, 0.4) is 0 Å². The summed E-state index contributed by atoms with van der Waals surface area (Å²) in [6.07, 6.45) is 3.11. The highest BCUT2D eigenvalue weighted by Gasteiger charge is 2.25. The monoisotopic (exact) mass is 346 g/mol. The lowest BCUT2D eigenvalue weighted by atomic mass is 9.92. The van der Waals surface area contributed by atoms with Crippen LogP contribution in [0.2, 0.25) is 0 Å². The second-order valence-electron chi connectivity index (χ2n) is 6.45. The van der Waals surface area contributed by atoms with E-state index in [0.29, 0.717) is 19.6 Å². The van der Waals surface area contributed by atoms with Crippen LogP contribution in [0.5, 0.6) is 0 Å². The minimum absolute atomic E-state index is 0.111. The lowest BCUT2D eigenvalue weighted by molar-refractivity contribution is 0.0797. The van der Waals surface area contributed by atoms with Crippen molar-refractivity contribution in [3.8, 4) is 5.69 Å². The number of hydrogen-bond donors (Lipinski definition) is 2. The van der Waals surface area contributed by atoms with Crippen molar-refractivity contribution in [1.82, 2.24) is 20.0 Å². The number of benzene rings is 1. The number of amides is 2. The molecule has 0 aliphatic carbocycles. The first-order valence-corrected chi connectivity index (χ1v) is 8.54. The maximum absolute atomic E-state index is 13.0. The predicted molar refractivity (Wildman–Crippen MR) is 91.7 cm³/mol. The molecule has 0 saturated carbocycles. The Morgan fingerprint density at radius 1 is 1.32 bits per heavy atom. The molecule has 1 aromatic carbocycles. The SMILES string of the molecule is CC(O)C1CCN(C(=O)NCc2ccn(-c3ccc(F)cc3)n2)CC1. The fourth-order valence-corrected chi connectivity index (χ4v) is 3.06. The zero-order valence-electron chi connectivity index (χ0n) is 14.2. The molecule has 1 aliphatic rings. The van der Waals surface area contributed by atoms with Gasteiger partial charge in [-0.05, 0) is 56.0 Å². The van der Waals surface area contributed by atoms with Crippen LogP contribution in [0.25, 0.3) is 5.69 Å². The van der Waals surface area contributed by atoms with Gasteiger partial charge < -0.3 is 15.3 Å². The Hall–Kier alpha value is -2.41. The average molecular weight is 346 g/mol. The molecule has 134 valence electrons. The highest BCUT2D eigenvalue weighted by molar-refractivity contribution is 5.74. The number of piperidine rings is 1. The van der Waals surface area contributed by atoms with Gasteiger partial charge in [0.1, 0.15) is 5.82 Å². The number of urea groups is 1. The molecule has 0 radical (unpaired) electrons. The molecule has 1 unspecified atom stereocenters. The number of aromatic nitrogens is 2. The molecule has 2 heterocycles. The predicted octanol–water partition coefficient (Wildman–Crippen LogP) is 2.31. The standard InChI is InChI=1S/C18H23FN4O2/c1-13(24)14-6-9-22(10-7-14)18(25)20-12-16-8-11-23(21-16)17-4-2-15(19)3-5-17/h2-5,8,11,13-14,24H,6-7,9-10,12H2,1H3,(H,20,25). The molecule has 1 aliphatic heterocycles. The molecule has 2 N–H and O–H groups in total. The fraction of sp³-hybridized carbons (Fsp3) is 0.444. The number of hydrogen-bond acceptors (Lipinski definition) is 3. The first-order valence-electron chi connectivity index (χ1n) is 8.54. The first kappa shape index (κ1) is 17.4. The van der Waals surface area contributed by atoms with Crippen molar-refractivity contribution in [3.05, 3.63) is 48.0 Å². The van der Waals surface area contributed by atoms with E-state index in [-0.39, 0.29) is 23.9 Å². The van der Waals surface area contributed by atoms with Crippen LogP contribution in [0.4, 0.5) is 9.18 Å². The van der Waals surface area contributed by atoms with Crippen molar-refractivity contribution in [1.29, 1.82) is 0 Å². The largest absolute Gasteiger partial charge is 0.393 e. The van der Waals surface area contributed by atoms with Crippen molar-refractivity contribution < 1.29 is 14.3 Å². The maximum atomic E-state index is 13.0. The normalized spacial score (nSPS) is 16.7. The van der Waals surface area contributed by atoms with Gasteiger partial charge in [-0.15, -0.1) is 0 Å². The molecular weight excluding hydrogens is 323 g/mol. The molecule has 0 spiro atoms. The van der Waals surface area contributed by atoms with Gasteiger partial charge in [0, 0.05) is 19.3 Å². The van der Waals surface area contributed by atoms with E-state index >= 15 is 0 Å². The van der Waals surface area contributed by atoms with Crippen LogP contribution >= 0.6 is 0 Å². The number of carbonyl (C=O) groups excluding carboxylic acids is 1. The smallest absolute Gasteiger partial charge is 0.317 e. The minimum Gasteiger partial charge on any atom is -0.393 e. The molecule has 1 saturated heterocycles. The number of carbonyl (C=O) groups is 1. The number of nitrogens with one attached hydrogen (secondary N) is 1. The number of likely N-dealkylation sites (tertiary alicyclic amines) is 1. The van der Waals surface area contributed by atoms with E-state index in [2.05, 4.69) is 10.4 Å². The lowest BCUT2D eigenvalue weighted by Crippen LogP contribution is -2.45. The van der Waals surface area contributed by atoms with Crippen LogP contribution in [0.1, 0.15) is 25.5 Å². The quantitative estimate of drug-likeness (QED) is 0.892.